The van der Waals surface area contributed by atoms with Crippen molar-refractivity contribution in [2.75, 3.05) is 18.1 Å². The van der Waals surface area contributed by atoms with Crippen molar-refractivity contribution in [3.8, 4) is 5.75 Å². The van der Waals surface area contributed by atoms with Crippen molar-refractivity contribution in [3.63, 3.8) is 0 Å². The fraction of sp³-hybridized carbons (Fsp3) is 0.440. The summed E-state index contributed by atoms with van der Waals surface area (Å²) in [4.78, 5) is 117. The Morgan fingerprint density at radius 1 is 0.595 bits per heavy atom. The minimum atomic E-state index is -1.57. The number of aromatic nitrogens is 1. The maximum absolute atomic E-state index is 14.7. The molecule has 0 spiro atoms. The van der Waals surface area contributed by atoms with Crippen LogP contribution in [0, 0.1) is 5.92 Å². The molecule has 7 amide bonds. The van der Waals surface area contributed by atoms with Gasteiger partial charge in [-0.15, -0.1) is 0 Å². The number of fused-ring (bicyclic) bond motifs is 1. The van der Waals surface area contributed by atoms with Crippen LogP contribution >= 0.6 is 25.3 Å². The SMILES string of the molecule is CC(C)[C@H](NC(=O)[C@H](CCCCN)NC(=O)[C@@H](Cc1c[nH]c2ccccc12)NC(=O)[C@H](Cc1ccc(O)cc1)NC(=O)[C@H](CS)NC(=O)[C@H](N)Cc1ccccc1)C(=O)N[C@@H](CS)C(=O)N[C@H](C(=O)O)[C@@H](C)ON. The van der Waals surface area contributed by atoms with Crippen LogP contribution < -0.4 is 54.6 Å². The van der Waals surface area contributed by atoms with E-state index in [-0.39, 0.29) is 49.5 Å². The maximum atomic E-state index is 14.7. The molecule has 16 N–H and O–H groups in total. The molecule has 402 valence electrons. The van der Waals surface area contributed by atoms with Crippen LogP contribution in [0.25, 0.3) is 10.9 Å². The molecule has 0 aliphatic rings. The molecule has 74 heavy (non-hydrogen) atoms. The van der Waals surface area contributed by atoms with Gasteiger partial charge in [0.15, 0.2) is 6.04 Å². The average Bonchev–Trinajstić information content (AvgIpc) is 3.79. The summed E-state index contributed by atoms with van der Waals surface area (Å²) in [6, 6.07) is 11.7. The third-order valence-corrected chi connectivity index (χ3v) is 12.8. The molecule has 1 heterocycles. The highest BCUT2D eigenvalue weighted by atomic mass is 32.1. The Hall–Kier alpha value is -6.70. The van der Waals surface area contributed by atoms with Crippen molar-refractivity contribution < 1.29 is 53.4 Å². The Bertz CT molecular complexity index is 2520. The van der Waals surface area contributed by atoms with E-state index in [1.54, 1.807) is 50.4 Å². The zero-order valence-corrected chi connectivity index (χ0v) is 43.2. The van der Waals surface area contributed by atoms with Crippen molar-refractivity contribution in [1.29, 1.82) is 0 Å². The minimum Gasteiger partial charge on any atom is -0.508 e. The first-order chi connectivity index (χ1) is 35.3. The Morgan fingerprint density at radius 3 is 1.68 bits per heavy atom. The van der Waals surface area contributed by atoms with Gasteiger partial charge in [-0.3, -0.25) is 38.4 Å². The second-order valence-electron chi connectivity index (χ2n) is 18.1. The van der Waals surface area contributed by atoms with Gasteiger partial charge in [-0.2, -0.15) is 25.3 Å². The number of hydrogen-bond donors (Lipinski definition) is 15. The number of H-pyrrole nitrogens is 1. The summed E-state index contributed by atoms with van der Waals surface area (Å²) in [6.45, 7) is 4.86. The van der Waals surface area contributed by atoms with Gasteiger partial charge in [-0.25, -0.2) is 10.7 Å². The second kappa shape index (κ2) is 29.9. The molecule has 9 atom stereocenters. The van der Waals surface area contributed by atoms with Crippen LogP contribution in [0.5, 0.6) is 5.75 Å². The number of carbonyl (C=O) groups excluding carboxylic acids is 7. The van der Waals surface area contributed by atoms with Crippen molar-refractivity contribution in [2.45, 2.75) is 114 Å². The largest absolute Gasteiger partial charge is 0.508 e. The quantitative estimate of drug-likeness (QED) is 0.0180. The lowest BCUT2D eigenvalue weighted by Gasteiger charge is -2.29. The lowest BCUT2D eigenvalue weighted by Crippen LogP contribution is -2.61. The van der Waals surface area contributed by atoms with E-state index >= 15 is 0 Å². The number of thiol groups is 2. The van der Waals surface area contributed by atoms with Gasteiger partial charge in [0.25, 0.3) is 0 Å². The number of hydrogen-bond acceptors (Lipinski definition) is 15. The Morgan fingerprint density at radius 2 is 1.09 bits per heavy atom. The molecule has 24 heteroatoms. The van der Waals surface area contributed by atoms with E-state index < -0.39 is 108 Å². The van der Waals surface area contributed by atoms with E-state index in [0.29, 0.717) is 24.0 Å². The molecule has 4 aromatic rings. The van der Waals surface area contributed by atoms with Gasteiger partial charge in [0, 0.05) is 41.4 Å². The van der Waals surface area contributed by atoms with Gasteiger partial charge in [-0.05, 0) is 80.0 Å². The molecule has 3 aromatic carbocycles. The number of phenolic OH excluding ortho intramolecular Hbond substituents is 1. The van der Waals surface area contributed by atoms with Gasteiger partial charge in [0.05, 0.1) is 6.04 Å². The first kappa shape index (κ1) is 59.9. The number of carboxylic acid groups (broad SMARTS) is 1. The Balaban J connectivity index is 1.62. The number of carboxylic acids is 1. The highest BCUT2D eigenvalue weighted by Gasteiger charge is 2.36. The van der Waals surface area contributed by atoms with Crippen LogP contribution in [0.2, 0.25) is 0 Å². The van der Waals surface area contributed by atoms with E-state index in [1.165, 1.54) is 19.1 Å². The molecule has 0 aliphatic heterocycles. The van der Waals surface area contributed by atoms with Crippen LogP contribution in [0.15, 0.2) is 85.1 Å². The number of aliphatic carboxylic acids is 1. The number of benzene rings is 3. The summed E-state index contributed by atoms with van der Waals surface area (Å²) in [7, 11) is 0. The number of carbonyl (C=O) groups is 8. The number of nitrogens with one attached hydrogen (secondary N) is 8. The fourth-order valence-electron chi connectivity index (χ4n) is 7.78. The van der Waals surface area contributed by atoms with Crippen molar-refractivity contribution in [1.82, 2.24) is 42.2 Å². The molecule has 0 saturated heterocycles. The topological polar surface area (TPSA) is 364 Å². The predicted octanol–water partition coefficient (Wildman–Crippen LogP) is -0.370. The number of aromatic hydroxyl groups is 1. The van der Waals surface area contributed by atoms with Gasteiger partial charge in [0.2, 0.25) is 41.4 Å². The first-order valence-corrected chi connectivity index (χ1v) is 25.3. The normalized spacial score (nSPS) is 14.9. The zero-order valence-electron chi connectivity index (χ0n) is 41.4. The van der Waals surface area contributed by atoms with Gasteiger partial charge >= 0.3 is 5.97 Å². The number of aromatic amines is 1. The third kappa shape index (κ3) is 18.1. The smallest absolute Gasteiger partial charge is 0.329 e. The maximum Gasteiger partial charge on any atom is 0.329 e. The molecule has 1 aromatic heterocycles. The van der Waals surface area contributed by atoms with Crippen molar-refractivity contribution >= 4 is 83.5 Å². The summed E-state index contributed by atoms with van der Waals surface area (Å²) in [5.74, 6) is -2.91. The first-order valence-electron chi connectivity index (χ1n) is 24.1. The summed E-state index contributed by atoms with van der Waals surface area (Å²) >= 11 is 8.49. The van der Waals surface area contributed by atoms with Crippen LogP contribution in [-0.4, -0.2) is 135 Å². The number of rotatable bonds is 30. The number of phenols is 1. The third-order valence-electron chi connectivity index (χ3n) is 12.1. The second-order valence-corrected chi connectivity index (χ2v) is 18.8. The molecular weight excluding hydrogens is 995 g/mol. The van der Waals surface area contributed by atoms with Crippen LogP contribution in [0.1, 0.15) is 56.7 Å². The summed E-state index contributed by atoms with van der Waals surface area (Å²) < 4.78 is 0. The lowest BCUT2D eigenvalue weighted by molar-refractivity contribution is -0.146. The molecule has 22 nitrogen and oxygen atoms in total. The summed E-state index contributed by atoms with van der Waals surface area (Å²) in [5, 5.41) is 38.7. The molecule has 0 bridgehead atoms. The molecular formula is C50H69N11O11S2. The Kier molecular flexibility index (Phi) is 24.2. The van der Waals surface area contributed by atoms with Crippen LogP contribution in [-0.2, 0) is 62.5 Å². The van der Waals surface area contributed by atoms with Crippen LogP contribution in [0.4, 0.5) is 0 Å². The molecule has 4 rings (SSSR count). The average molecular weight is 1060 g/mol. The zero-order chi connectivity index (χ0) is 54.5. The monoisotopic (exact) mass is 1060 g/mol. The lowest BCUT2D eigenvalue weighted by atomic mass is 10.00. The van der Waals surface area contributed by atoms with E-state index in [2.05, 4.69) is 72.3 Å². The standard InChI is InChI=1S/C50H69N11O11S2/c1-27(2)41(49(69)59-40(26-74)48(68)61-42(50(70)71)28(3)72-53)60-44(64)36(15-9-10-20-51)55-46(66)38(23-31-24-54-35-14-8-7-13-33(31)35)57-45(65)37(22-30-16-18-32(62)19-17-30)56-47(67)39(25-73)58-43(63)34(52)21-29-11-5-4-6-12-29/h4-8,11-14,16-19,24,27-28,34,36-42,54,62,73-74H,9-10,15,20-23,25-26,51-53H2,1-3H3,(H,55,66)(H,56,67)(H,57,65)(H,58,63)(H,59,69)(H,60,64)(H,61,68)(H,70,71)/t28-,34-,36+,37+,38-,39+,40+,41+,42+/m1/s1. The summed E-state index contributed by atoms with van der Waals surface area (Å²) in [6.07, 6.45) is 1.32. The minimum absolute atomic E-state index is 0.0416. The molecule has 0 aliphatic carbocycles. The molecule has 0 fully saturated rings. The number of unbranched alkanes of at least 4 members (excludes halogenated alkanes) is 1. The molecule has 0 saturated carbocycles. The number of amides is 7. The highest BCUT2D eigenvalue weighted by molar-refractivity contribution is 7.80. The van der Waals surface area contributed by atoms with Gasteiger partial charge < -0.3 is 63.9 Å². The fourth-order valence-corrected chi connectivity index (χ4v) is 8.29. The molecule has 0 radical (unpaired) electrons. The van der Waals surface area contributed by atoms with Crippen molar-refractivity contribution in [2.24, 2.45) is 23.3 Å². The van der Waals surface area contributed by atoms with Gasteiger partial charge in [0.1, 0.15) is 48.1 Å². The van der Waals surface area contributed by atoms with Crippen molar-refractivity contribution in [3.05, 3.63) is 102 Å². The van der Waals surface area contributed by atoms with E-state index in [1.807, 2.05) is 36.4 Å². The Labute approximate surface area is 440 Å². The van der Waals surface area contributed by atoms with E-state index in [9.17, 15) is 48.6 Å². The summed E-state index contributed by atoms with van der Waals surface area (Å²) in [5.41, 5.74) is 14.7. The van der Waals surface area contributed by atoms with E-state index in [4.69, 9.17) is 17.4 Å². The number of nitrogens with two attached hydrogens (primary N) is 3. The highest BCUT2D eigenvalue weighted by Crippen LogP contribution is 2.20. The predicted molar refractivity (Wildman–Crippen MR) is 283 cm³/mol. The molecule has 0 unspecified atom stereocenters. The van der Waals surface area contributed by atoms with Gasteiger partial charge in [-0.1, -0.05) is 74.5 Å². The van der Waals surface area contributed by atoms with E-state index in [0.717, 1.165) is 16.5 Å². The number of para-hydroxylation sites is 1. The van der Waals surface area contributed by atoms with Crippen LogP contribution in [0.3, 0.4) is 0 Å².